The fourth-order valence-corrected chi connectivity index (χ4v) is 5.77. The molecule has 0 radical (unpaired) electrons. The Morgan fingerprint density at radius 3 is 1.63 bits per heavy atom. The summed E-state index contributed by atoms with van der Waals surface area (Å²) in [6.45, 7) is 3.82. The van der Waals surface area contributed by atoms with Crippen molar-refractivity contribution in [1.82, 2.24) is 0 Å². The van der Waals surface area contributed by atoms with Crippen molar-refractivity contribution in [3.05, 3.63) is 102 Å². The monoisotopic (exact) mass is 632 g/mol. The first-order chi connectivity index (χ1) is 21.9. The van der Waals surface area contributed by atoms with Gasteiger partial charge < -0.3 is 21.7 Å². The summed E-state index contributed by atoms with van der Waals surface area (Å²) in [4.78, 5) is -0.447. The Kier molecular flexibility index (Phi) is 7.60. The van der Waals surface area contributed by atoms with E-state index in [0.717, 1.165) is 33.7 Å². The Bertz CT molecular complexity index is 2370. The first-order valence-corrected chi connectivity index (χ1v) is 15.4. The van der Waals surface area contributed by atoms with Gasteiger partial charge in [-0.15, -0.1) is 10.2 Å². The quantitative estimate of drug-likeness (QED) is 0.0686. The summed E-state index contributed by atoms with van der Waals surface area (Å²) in [7, 11) is -4.53. The van der Waals surface area contributed by atoms with Crippen LogP contribution in [0.5, 0.6) is 11.5 Å². The molecule has 0 saturated carbocycles. The number of nitrogens with zero attached hydrogens (tertiary/aromatic N) is 4. The van der Waals surface area contributed by atoms with E-state index < -0.39 is 20.8 Å². The molecule has 0 aromatic heterocycles. The third kappa shape index (κ3) is 5.70. The number of anilines is 2. The summed E-state index contributed by atoms with van der Waals surface area (Å²) in [6.07, 6.45) is 0. The lowest BCUT2D eigenvalue weighted by Crippen LogP contribution is -1.98. The van der Waals surface area contributed by atoms with E-state index in [1.807, 2.05) is 62.4 Å². The van der Waals surface area contributed by atoms with Gasteiger partial charge in [-0.25, -0.2) is 0 Å². The summed E-state index contributed by atoms with van der Waals surface area (Å²) in [5.41, 5.74) is 18.3. The van der Waals surface area contributed by atoms with Crippen molar-refractivity contribution >= 4 is 65.8 Å². The number of hydrogen-bond donors (Lipinski definition) is 5. The van der Waals surface area contributed by atoms with Crippen LogP contribution in [0.15, 0.2) is 116 Å². The van der Waals surface area contributed by atoms with Gasteiger partial charge in [0, 0.05) is 6.07 Å². The largest absolute Gasteiger partial charge is 0.507 e. The summed E-state index contributed by atoms with van der Waals surface area (Å²) >= 11 is 0. The zero-order chi connectivity index (χ0) is 32.7. The van der Waals surface area contributed by atoms with E-state index in [1.54, 1.807) is 18.2 Å². The van der Waals surface area contributed by atoms with Crippen molar-refractivity contribution in [3.8, 4) is 22.6 Å². The van der Waals surface area contributed by atoms with Gasteiger partial charge in [-0.1, -0.05) is 36.4 Å². The summed E-state index contributed by atoms with van der Waals surface area (Å²) in [5.74, 6) is -0.326. The number of nitrogens with two attached hydrogens (primary N) is 2. The standard InChI is InChI=1S/C34H28N6O5S/c1-18-14-21(8-12-27(18)37-39-33-25(35)10-6-20-4-3-5-29(41)31(20)33)22-9-13-28(19(2)15-22)38-40-34-26(36)11-7-23-16-24(46(43,44)45)17-30(42)32(23)34/h3-17,41-42H,35-36H2,1-2H3,(H,43,44,45). The van der Waals surface area contributed by atoms with E-state index in [4.69, 9.17) is 11.5 Å². The molecule has 7 N–H and O–H groups in total. The van der Waals surface area contributed by atoms with Gasteiger partial charge in [-0.2, -0.15) is 18.6 Å². The highest BCUT2D eigenvalue weighted by Gasteiger charge is 2.17. The molecule has 0 spiro atoms. The summed E-state index contributed by atoms with van der Waals surface area (Å²) in [5, 5.41) is 40.4. The van der Waals surface area contributed by atoms with Crippen LogP contribution in [-0.2, 0) is 10.1 Å². The molecule has 46 heavy (non-hydrogen) atoms. The van der Waals surface area contributed by atoms with Crippen LogP contribution in [0.2, 0.25) is 0 Å². The molecule has 6 aromatic carbocycles. The van der Waals surface area contributed by atoms with Crippen LogP contribution in [0.3, 0.4) is 0 Å². The zero-order valence-corrected chi connectivity index (χ0v) is 25.5. The van der Waals surface area contributed by atoms with E-state index >= 15 is 0 Å². The average Bonchev–Trinajstić information content (AvgIpc) is 3.01. The molecule has 0 atom stereocenters. The molecule has 0 aliphatic heterocycles. The smallest absolute Gasteiger partial charge is 0.294 e. The van der Waals surface area contributed by atoms with Crippen molar-refractivity contribution in [3.63, 3.8) is 0 Å². The van der Waals surface area contributed by atoms with Crippen LogP contribution in [0.25, 0.3) is 32.7 Å². The minimum absolute atomic E-state index is 0.0807. The molecule has 0 heterocycles. The van der Waals surface area contributed by atoms with Crippen LogP contribution in [-0.4, -0.2) is 23.2 Å². The number of rotatable bonds is 6. The number of hydrogen-bond acceptors (Lipinski definition) is 10. The highest BCUT2D eigenvalue weighted by atomic mass is 32.2. The maximum Gasteiger partial charge on any atom is 0.294 e. The maximum atomic E-state index is 11.6. The number of aryl methyl sites for hydroxylation is 2. The molecule has 11 nitrogen and oxygen atoms in total. The number of fused-ring (bicyclic) bond motifs is 2. The molecule has 0 aliphatic rings. The van der Waals surface area contributed by atoms with Gasteiger partial charge in [0.05, 0.1) is 38.4 Å². The number of nitrogen functional groups attached to an aromatic ring is 2. The van der Waals surface area contributed by atoms with Crippen molar-refractivity contribution < 1.29 is 23.2 Å². The molecule has 0 aliphatic carbocycles. The first kappa shape index (κ1) is 30.2. The van der Waals surface area contributed by atoms with Crippen molar-refractivity contribution in [2.24, 2.45) is 20.5 Å². The topological polar surface area (TPSA) is 196 Å². The second-order valence-corrected chi connectivity index (χ2v) is 12.2. The van der Waals surface area contributed by atoms with E-state index in [9.17, 15) is 23.2 Å². The van der Waals surface area contributed by atoms with Gasteiger partial charge in [0.25, 0.3) is 10.1 Å². The molecule has 0 bridgehead atoms. The van der Waals surface area contributed by atoms with Crippen LogP contribution >= 0.6 is 0 Å². The second-order valence-electron chi connectivity index (χ2n) is 10.8. The van der Waals surface area contributed by atoms with Crippen LogP contribution < -0.4 is 11.5 Å². The first-order valence-electron chi connectivity index (χ1n) is 14.0. The van der Waals surface area contributed by atoms with Gasteiger partial charge in [0.2, 0.25) is 0 Å². The normalized spacial score (nSPS) is 12.2. The number of phenols is 2. The van der Waals surface area contributed by atoms with Gasteiger partial charge in [-0.3, -0.25) is 4.55 Å². The fraction of sp³-hybridized carbons (Fsp3) is 0.0588. The predicted molar refractivity (Wildman–Crippen MR) is 180 cm³/mol. The third-order valence-corrected chi connectivity index (χ3v) is 8.47. The SMILES string of the molecule is Cc1cc(-c2ccc(N=Nc3c(N)ccc4cc(S(=O)(=O)O)cc(O)c34)c(C)c2)ccc1N=Nc1c(N)ccc2cccc(O)c12. The molecule has 0 saturated heterocycles. The number of benzene rings is 6. The van der Waals surface area contributed by atoms with Crippen molar-refractivity contribution in [2.75, 3.05) is 11.5 Å². The molecule has 6 rings (SSSR count). The molecular weight excluding hydrogens is 604 g/mol. The molecule has 0 amide bonds. The van der Waals surface area contributed by atoms with Crippen molar-refractivity contribution in [1.29, 1.82) is 0 Å². The molecule has 0 unspecified atom stereocenters. The van der Waals surface area contributed by atoms with Crippen LogP contribution in [0.4, 0.5) is 34.1 Å². The summed E-state index contributed by atoms with van der Waals surface area (Å²) in [6, 6.07) is 25.5. The van der Waals surface area contributed by atoms with E-state index in [2.05, 4.69) is 20.5 Å². The van der Waals surface area contributed by atoms with Gasteiger partial charge >= 0.3 is 0 Å². The lowest BCUT2D eigenvalue weighted by molar-refractivity contribution is 0.471. The Morgan fingerprint density at radius 1 is 0.587 bits per heavy atom. The fourth-order valence-electron chi connectivity index (χ4n) is 5.24. The lowest BCUT2D eigenvalue weighted by atomic mass is 10.00. The molecular formula is C34H28N6O5S. The minimum atomic E-state index is -4.53. The van der Waals surface area contributed by atoms with Gasteiger partial charge in [0.15, 0.2) is 0 Å². The molecule has 6 aromatic rings. The Balaban J connectivity index is 1.28. The number of phenolic OH excluding ortho intramolecular Hbond substituents is 2. The number of azo groups is 2. The number of aromatic hydroxyl groups is 2. The van der Waals surface area contributed by atoms with E-state index in [1.165, 1.54) is 18.2 Å². The maximum absolute atomic E-state index is 11.6. The second kappa shape index (κ2) is 11.6. The van der Waals surface area contributed by atoms with Crippen molar-refractivity contribution in [2.45, 2.75) is 18.7 Å². The van der Waals surface area contributed by atoms with Gasteiger partial charge in [0.1, 0.15) is 22.9 Å². The lowest BCUT2D eigenvalue weighted by Gasteiger charge is -2.10. The molecule has 12 heteroatoms. The molecule has 230 valence electrons. The van der Waals surface area contributed by atoms with Crippen LogP contribution in [0, 0.1) is 13.8 Å². The highest BCUT2D eigenvalue weighted by Crippen LogP contribution is 2.42. The Morgan fingerprint density at radius 2 is 1.11 bits per heavy atom. The predicted octanol–water partition coefficient (Wildman–Crippen LogP) is 8.93. The minimum Gasteiger partial charge on any atom is -0.507 e. The Hall–Kier alpha value is -5.85. The van der Waals surface area contributed by atoms with E-state index in [0.29, 0.717) is 33.5 Å². The third-order valence-electron chi connectivity index (χ3n) is 7.64. The summed E-state index contributed by atoms with van der Waals surface area (Å²) < 4.78 is 32.6. The highest BCUT2D eigenvalue weighted by molar-refractivity contribution is 7.85. The average molecular weight is 633 g/mol. The van der Waals surface area contributed by atoms with Gasteiger partial charge in [-0.05, 0) is 95.4 Å². The van der Waals surface area contributed by atoms with Crippen LogP contribution in [0.1, 0.15) is 11.1 Å². The molecule has 0 fully saturated rings. The Labute approximate surface area is 263 Å². The van der Waals surface area contributed by atoms with E-state index in [-0.39, 0.29) is 22.5 Å². The zero-order valence-electron chi connectivity index (χ0n) is 24.7.